The van der Waals surface area contributed by atoms with Gasteiger partial charge in [0.25, 0.3) is 0 Å². The Labute approximate surface area is 67.3 Å². The standard InChI is InChI=1S/C7H16N2O2/c1-3-5-9(8)7(10)11-6-4-2/h3-6,8H2,1-2H3. The van der Waals surface area contributed by atoms with E-state index in [1.54, 1.807) is 0 Å². The number of hydrazine groups is 1. The van der Waals surface area contributed by atoms with Crippen molar-refractivity contribution in [3.63, 3.8) is 0 Å². The van der Waals surface area contributed by atoms with E-state index >= 15 is 0 Å². The van der Waals surface area contributed by atoms with Gasteiger partial charge >= 0.3 is 6.09 Å². The minimum Gasteiger partial charge on any atom is -0.448 e. The molecular formula is C7H16N2O2. The third kappa shape index (κ3) is 4.61. The molecule has 1 amide bonds. The van der Waals surface area contributed by atoms with Gasteiger partial charge in [-0.2, -0.15) is 0 Å². The SMILES string of the molecule is CCCOC(=O)N(N)CCC. The first-order chi connectivity index (χ1) is 5.22. The topological polar surface area (TPSA) is 55.6 Å². The van der Waals surface area contributed by atoms with Gasteiger partial charge in [0.1, 0.15) is 0 Å². The summed E-state index contributed by atoms with van der Waals surface area (Å²) in [5.41, 5.74) is 0. The van der Waals surface area contributed by atoms with Crippen LogP contribution < -0.4 is 5.84 Å². The highest BCUT2D eigenvalue weighted by atomic mass is 16.6. The predicted molar refractivity (Wildman–Crippen MR) is 42.8 cm³/mol. The molecule has 0 radical (unpaired) electrons. The summed E-state index contributed by atoms with van der Waals surface area (Å²) < 4.78 is 4.77. The number of rotatable bonds is 4. The fourth-order valence-electron chi connectivity index (χ4n) is 0.604. The molecule has 0 unspecified atom stereocenters. The minimum atomic E-state index is -0.436. The molecule has 0 aliphatic rings. The lowest BCUT2D eigenvalue weighted by Crippen LogP contribution is -2.38. The Bertz CT molecular complexity index is 117. The molecule has 0 saturated carbocycles. The summed E-state index contributed by atoms with van der Waals surface area (Å²) in [7, 11) is 0. The summed E-state index contributed by atoms with van der Waals surface area (Å²) in [6.07, 6.45) is 1.23. The first-order valence-electron chi connectivity index (χ1n) is 3.91. The Morgan fingerprint density at radius 1 is 1.45 bits per heavy atom. The zero-order valence-corrected chi connectivity index (χ0v) is 7.17. The van der Waals surface area contributed by atoms with Crippen molar-refractivity contribution in [2.24, 2.45) is 5.84 Å². The van der Waals surface area contributed by atoms with E-state index in [1.165, 1.54) is 0 Å². The summed E-state index contributed by atoms with van der Waals surface area (Å²) in [5, 5.41) is 1.09. The van der Waals surface area contributed by atoms with Crippen molar-refractivity contribution in [3.8, 4) is 0 Å². The van der Waals surface area contributed by atoms with Crippen LogP contribution in [0.2, 0.25) is 0 Å². The molecule has 4 nitrogen and oxygen atoms in total. The second kappa shape index (κ2) is 5.97. The van der Waals surface area contributed by atoms with Gasteiger partial charge in [0.2, 0.25) is 0 Å². The van der Waals surface area contributed by atoms with E-state index in [-0.39, 0.29) is 0 Å². The van der Waals surface area contributed by atoms with Crippen molar-refractivity contribution in [3.05, 3.63) is 0 Å². The molecule has 0 aliphatic heterocycles. The number of carbonyl (C=O) groups excluding carboxylic acids is 1. The van der Waals surface area contributed by atoms with Crippen molar-refractivity contribution in [1.82, 2.24) is 5.01 Å². The second-order valence-electron chi connectivity index (χ2n) is 2.31. The highest BCUT2D eigenvalue weighted by Crippen LogP contribution is 1.90. The van der Waals surface area contributed by atoms with E-state index in [2.05, 4.69) is 0 Å². The first-order valence-corrected chi connectivity index (χ1v) is 3.91. The second-order valence-corrected chi connectivity index (χ2v) is 2.31. The van der Waals surface area contributed by atoms with Crippen LogP contribution in [-0.2, 0) is 4.74 Å². The molecule has 4 heteroatoms. The number of nitrogens with zero attached hydrogens (tertiary/aromatic N) is 1. The summed E-state index contributed by atoms with van der Waals surface area (Å²) in [4.78, 5) is 10.9. The van der Waals surface area contributed by atoms with Gasteiger partial charge in [-0.15, -0.1) is 0 Å². The zero-order chi connectivity index (χ0) is 8.69. The Balaban J connectivity index is 3.47. The maximum Gasteiger partial charge on any atom is 0.424 e. The van der Waals surface area contributed by atoms with Crippen LogP contribution in [0.4, 0.5) is 4.79 Å². The molecule has 0 aromatic carbocycles. The fraction of sp³-hybridized carbons (Fsp3) is 0.857. The van der Waals surface area contributed by atoms with Crippen molar-refractivity contribution in [2.45, 2.75) is 26.7 Å². The first kappa shape index (κ1) is 10.2. The lowest BCUT2D eigenvalue weighted by molar-refractivity contribution is 0.102. The average molecular weight is 160 g/mol. The van der Waals surface area contributed by atoms with Gasteiger partial charge < -0.3 is 4.74 Å². The zero-order valence-electron chi connectivity index (χ0n) is 7.17. The van der Waals surface area contributed by atoms with Gasteiger partial charge in [0.15, 0.2) is 0 Å². The van der Waals surface area contributed by atoms with Crippen LogP contribution in [0.3, 0.4) is 0 Å². The van der Waals surface area contributed by atoms with E-state index in [4.69, 9.17) is 10.6 Å². The van der Waals surface area contributed by atoms with Crippen molar-refractivity contribution >= 4 is 6.09 Å². The van der Waals surface area contributed by atoms with Gasteiger partial charge in [-0.05, 0) is 12.8 Å². The van der Waals surface area contributed by atoms with Crippen LogP contribution >= 0.6 is 0 Å². The molecule has 11 heavy (non-hydrogen) atoms. The number of hydrogen-bond acceptors (Lipinski definition) is 3. The van der Waals surface area contributed by atoms with Crippen LogP contribution in [-0.4, -0.2) is 24.3 Å². The van der Waals surface area contributed by atoms with Crippen LogP contribution in [0.25, 0.3) is 0 Å². The van der Waals surface area contributed by atoms with E-state index in [1.807, 2.05) is 13.8 Å². The fourth-order valence-corrected chi connectivity index (χ4v) is 0.604. The Morgan fingerprint density at radius 3 is 2.55 bits per heavy atom. The van der Waals surface area contributed by atoms with Gasteiger partial charge in [-0.25, -0.2) is 15.6 Å². The number of carbonyl (C=O) groups is 1. The predicted octanol–water partition coefficient (Wildman–Crippen LogP) is 1.12. The lowest BCUT2D eigenvalue weighted by Gasteiger charge is -2.14. The van der Waals surface area contributed by atoms with Crippen molar-refractivity contribution in [2.75, 3.05) is 13.2 Å². The molecule has 0 aromatic rings. The summed E-state index contributed by atoms with van der Waals surface area (Å²) in [6.45, 7) is 4.87. The molecule has 0 bridgehead atoms. The van der Waals surface area contributed by atoms with Gasteiger partial charge in [-0.1, -0.05) is 13.8 Å². The third-order valence-electron chi connectivity index (χ3n) is 1.13. The molecule has 0 rings (SSSR count). The highest BCUT2D eigenvalue weighted by molar-refractivity contribution is 5.66. The number of nitrogens with two attached hydrogens (primary N) is 1. The normalized spacial score (nSPS) is 9.36. The molecule has 0 heterocycles. The van der Waals surface area contributed by atoms with Crippen LogP contribution in [0.15, 0.2) is 0 Å². The molecule has 2 N–H and O–H groups in total. The molecule has 0 spiro atoms. The maximum absolute atomic E-state index is 10.9. The number of amides is 1. The summed E-state index contributed by atoms with van der Waals surface area (Å²) in [5.74, 6) is 5.33. The highest BCUT2D eigenvalue weighted by Gasteiger charge is 2.07. The third-order valence-corrected chi connectivity index (χ3v) is 1.13. The van der Waals surface area contributed by atoms with E-state index in [9.17, 15) is 4.79 Å². The minimum absolute atomic E-state index is 0.436. The molecule has 0 saturated heterocycles. The van der Waals surface area contributed by atoms with Crippen LogP contribution in [0.5, 0.6) is 0 Å². The van der Waals surface area contributed by atoms with Gasteiger partial charge in [0.05, 0.1) is 6.61 Å². The van der Waals surface area contributed by atoms with Gasteiger partial charge in [-0.3, -0.25) is 0 Å². The lowest BCUT2D eigenvalue weighted by atomic mass is 10.5. The van der Waals surface area contributed by atoms with Crippen LogP contribution in [0, 0.1) is 0 Å². The monoisotopic (exact) mass is 160 g/mol. The molecule has 0 aromatic heterocycles. The van der Waals surface area contributed by atoms with Gasteiger partial charge in [0, 0.05) is 6.54 Å². The molecule has 0 aliphatic carbocycles. The quantitative estimate of drug-likeness (QED) is 0.381. The summed E-state index contributed by atoms with van der Waals surface area (Å²) >= 11 is 0. The molecule has 66 valence electrons. The molecule has 0 atom stereocenters. The number of ether oxygens (including phenoxy) is 1. The van der Waals surface area contributed by atoms with E-state index < -0.39 is 6.09 Å². The van der Waals surface area contributed by atoms with Crippen molar-refractivity contribution < 1.29 is 9.53 Å². The largest absolute Gasteiger partial charge is 0.448 e. The van der Waals surface area contributed by atoms with Crippen molar-refractivity contribution in [1.29, 1.82) is 0 Å². The maximum atomic E-state index is 10.9. The Kier molecular flexibility index (Phi) is 5.56. The summed E-state index contributed by atoms with van der Waals surface area (Å²) in [6, 6.07) is 0. The smallest absolute Gasteiger partial charge is 0.424 e. The van der Waals surface area contributed by atoms with Crippen LogP contribution in [0.1, 0.15) is 26.7 Å². The van der Waals surface area contributed by atoms with E-state index in [0.29, 0.717) is 13.2 Å². The Hall–Kier alpha value is -0.770. The average Bonchev–Trinajstić information content (AvgIpc) is 2.00. The Morgan fingerprint density at radius 2 is 2.09 bits per heavy atom. The molecule has 0 fully saturated rings. The number of hydrogen-bond donors (Lipinski definition) is 1. The van der Waals surface area contributed by atoms with E-state index in [0.717, 1.165) is 17.9 Å². The molecular weight excluding hydrogens is 144 g/mol.